The molecular weight excluding hydrogens is 324 g/mol. The molecule has 1 aliphatic carbocycles. The first-order valence-electron chi connectivity index (χ1n) is 12.1. The summed E-state index contributed by atoms with van der Waals surface area (Å²) in [6.07, 6.45) is 22.7. The van der Waals surface area contributed by atoms with Gasteiger partial charge in [0.25, 0.3) is 0 Å². The molecule has 0 heterocycles. The predicted molar refractivity (Wildman–Crippen MR) is 128 cm³/mol. The Hall–Kier alpha value is -0.520. The van der Waals surface area contributed by atoms with Gasteiger partial charge in [0, 0.05) is 0 Å². The minimum absolute atomic E-state index is 0.928. The molecule has 4 unspecified atom stereocenters. The van der Waals surface area contributed by atoms with E-state index in [1.807, 2.05) is 13.8 Å². The number of allylic oxidation sites excluding steroid dienone is 2. The van der Waals surface area contributed by atoms with Gasteiger partial charge in [-0.05, 0) is 43.9 Å². The van der Waals surface area contributed by atoms with Gasteiger partial charge in [-0.1, -0.05) is 117 Å². The number of hydrogen-bond acceptors (Lipinski definition) is 0. The average molecular weight is 379 g/mol. The first kappa shape index (κ1) is 28.7. The first-order chi connectivity index (χ1) is 13.0. The predicted octanol–water partition coefficient (Wildman–Crippen LogP) is 10.0. The minimum Gasteiger partial charge on any atom is -0.103 e. The van der Waals surface area contributed by atoms with Crippen LogP contribution < -0.4 is 0 Å². The highest BCUT2D eigenvalue weighted by molar-refractivity contribution is 4.75. The van der Waals surface area contributed by atoms with E-state index in [-0.39, 0.29) is 0 Å². The normalized spacial score (nSPS) is 21.0. The fraction of sp³-hybridized carbons (Fsp3) is 0.852. The lowest BCUT2D eigenvalue weighted by molar-refractivity contribution is 0.205. The molecule has 0 spiro atoms. The van der Waals surface area contributed by atoms with E-state index in [4.69, 9.17) is 0 Å². The van der Waals surface area contributed by atoms with E-state index in [0.29, 0.717) is 0 Å². The van der Waals surface area contributed by atoms with Crippen molar-refractivity contribution in [1.29, 1.82) is 0 Å². The molecule has 162 valence electrons. The molecule has 0 aromatic heterocycles. The van der Waals surface area contributed by atoms with Crippen molar-refractivity contribution in [3.05, 3.63) is 25.3 Å². The van der Waals surface area contributed by atoms with Crippen LogP contribution >= 0.6 is 0 Å². The van der Waals surface area contributed by atoms with Crippen molar-refractivity contribution in [1.82, 2.24) is 0 Å². The average Bonchev–Trinajstić information content (AvgIpc) is 2.64. The second-order valence-electron chi connectivity index (χ2n) is 8.90. The summed E-state index contributed by atoms with van der Waals surface area (Å²) in [5, 5.41) is 0. The molecule has 0 nitrogen and oxygen atoms in total. The highest BCUT2D eigenvalue weighted by Gasteiger charge is 2.23. The van der Waals surface area contributed by atoms with Crippen LogP contribution in [0.3, 0.4) is 0 Å². The summed E-state index contributed by atoms with van der Waals surface area (Å²) >= 11 is 0. The van der Waals surface area contributed by atoms with Crippen LogP contribution in [0.25, 0.3) is 0 Å². The lowest BCUT2D eigenvalue weighted by atomic mass is 9.74. The van der Waals surface area contributed by atoms with Crippen LogP contribution in [0.1, 0.15) is 125 Å². The van der Waals surface area contributed by atoms with E-state index in [9.17, 15) is 0 Å². The van der Waals surface area contributed by atoms with Crippen LogP contribution in [0.15, 0.2) is 25.3 Å². The van der Waals surface area contributed by atoms with Gasteiger partial charge in [-0.2, -0.15) is 0 Å². The molecule has 0 amide bonds. The molecule has 1 aliphatic rings. The van der Waals surface area contributed by atoms with Gasteiger partial charge in [0.2, 0.25) is 0 Å². The Morgan fingerprint density at radius 1 is 0.815 bits per heavy atom. The Bertz CT molecular complexity index is 295. The summed E-state index contributed by atoms with van der Waals surface area (Å²) < 4.78 is 0. The van der Waals surface area contributed by atoms with Gasteiger partial charge in [-0.3, -0.25) is 0 Å². The zero-order chi connectivity index (χ0) is 20.9. The van der Waals surface area contributed by atoms with E-state index < -0.39 is 0 Å². The maximum absolute atomic E-state index is 3.36. The number of rotatable bonds is 11. The highest BCUT2D eigenvalue weighted by atomic mass is 14.3. The lowest BCUT2D eigenvalue weighted by Crippen LogP contribution is -2.19. The SMILES string of the molecule is C=CC.C=CC.CCCC1CCCCC1CCCCCC(C)CC(C)CC. The highest BCUT2D eigenvalue weighted by Crippen LogP contribution is 2.36. The van der Waals surface area contributed by atoms with Gasteiger partial charge in [-0.25, -0.2) is 0 Å². The molecule has 1 saturated carbocycles. The van der Waals surface area contributed by atoms with Gasteiger partial charge in [0.15, 0.2) is 0 Å². The maximum atomic E-state index is 3.36. The summed E-state index contributed by atoms with van der Waals surface area (Å²) in [7, 11) is 0. The fourth-order valence-electron chi connectivity index (χ4n) is 4.46. The Kier molecular flexibility index (Phi) is 23.1. The molecule has 0 aromatic carbocycles. The largest absolute Gasteiger partial charge is 0.103 e. The third kappa shape index (κ3) is 18.6. The molecule has 0 bridgehead atoms. The zero-order valence-corrected chi connectivity index (χ0v) is 20.1. The van der Waals surface area contributed by atoms with Crippen molar-refractivity contribution in [3.63, 3.8) is 0 Å². The summed E-state index contributed by atoms with van der Waals surface area (Å²) in [4.78, 5) is 0. The molecule has 0 saturated heterocycles. The van der Waals surface area contributed by atoms with Crippen molar-refractivity contribution < 1.29 is 0 Å². The van der Waals surface area contributed by atoms with Crippen LogP contribution in [0, 0.1) is 23.7 Å². The molecule has 0 N–H and O–H groups in total. The summed E-state index contributed by atoms with van der Waals surface area (Å²) in [6, 6.07) is 0. The van der Waals surface area contributed by atoms with Crippen molar-refractivity contribution in [3.8, 4) is 0 Å². The lowest BCUT2D eigenvalue weighted by Gasteiger charge is -2.31. The van der Waals surface area contributed by atoms with Gasteiger partial charge in [0.1, 0.15) is 0 Å². The molecule has 0 heteroatoms. The molecule has 4 atom stereocenters. The maximum Gasteiger partial charge on any atom is -0.0386 e. The minimum atomic E-state index is 0.928. The molecule has 1 fully saturated rings. The van der Waals surface area contributed by atoms with E-state index in [2.05, 4.69) is 40.9 Å². The second-order valence-corrected chi connectivity index (χ2v) is 8.90. The van der Waals surface area contributed by atoms with Crippen molar-refractivity contribution in [2.75, 3.05) is 0 Å². The van der Waals surface area contributed by atoms with Crippen LogP contribution in [-0.4, -0.2) is 0 Å². The summed E-state index contributed by atoms with van der Waals surface area (Å²) in [5.41, 5.74) is 0. The van der Waals surface area contributed by atoms with E-state index in [1.54, 1.807) is 12.2 Å². The zero-order valence-electron chi connectivity index (χ0n) is 20.1. The van der Waals surface area contributed by atoms with Gasteiger partial charge in [0.05, 0.1) is 0 Å². The number of hydrogen-bond donors (Lipinski definition) is 0. The number of unbranched alkanes of at least 4 members (excludes halogenated alkanes) is 2. The van der Waals surface area contributed by atoms with Gasteiger partial charge >= 0.3 is 0 Å². The quantitative estimate of drug-likeness (QED) is 0.248. The van der Waals surface area contributed by atoms with Crippen LogP contribution in [-0.2, 0) is 0 Å². The fourth-order valence-corrected chi connectivity index (χ4v) is 4.46. The Morgan fingerprint density at radius 3 is 1.81 bits per heavy atom. The Balaban J connectivity index is 0. The molecular formula is C27H54. The van der Waals surface area contributed by atoms with Gasteiger partial charge in [-0.15, -0.1) is 13.2 Å². The molecule has 1 rings (SSSR count). The van der Waals surface area contributed by atoms with Crippen molar-refractivity contribution >= 4 is 0 Å². The third-order valence-electron chi connectivity index (χ3n) is 6.00. The summed E-state index contributed by atoms with van der Waals surface area (Å²) in [6.45, 7) is 20.1. The molecule has 0 aromatic rings. The monoisotopic (exact) mass is 378 g/mol. The van der Waals surface area contributed by atoms with Crippen molar-refractivity contribution in [2.45, 2.75) is 125 Å². The molecule has 0 aliphatic heterocycles. The van der Waals surface area contributed by atoms with Crippen LogP contribution in [0.5, 0.6) is 0 Å². The van der Waals surface area contributed by atoms with E-state index in [0.717, 1.165) is 23.7 Å². The topological polar surface area (TPSA) is 0 Å². The second kappa shape index (κ2) is 21.8. The molecule has 27 heavy (non-hydrogen) atoms. The van der Waals surface area contributed by atoms with Crippen molar-refractivity contribution in [2.24, 2.45) is 23.7 Å². The standard InChI is InChI=1S/C21H42.2C3H6/c1-5-12-20-15-10-11-16-21(20)14-9-7-8-13-19(4)17-18(3)6-2;2*1-3-2/h18-21H,5-17H2,1-4H3;2*3H,1H2,2H3. The van der Waals surface area contributed by atoms with E-state index in [1.165, 1.54) is 83.5 Å². The Labute approximate surface area is 174 Å². The third-order valence-corrected chi connectivity index (χ3v) is 6.00. The van der Waals surface area contributed by atoms with Crippen LogP contribution in [0.4, 0.5) is 0 Å². The molecule has 0 radical (unpaired) electrons. The van der Waals surface area contributed by atoms with E-state index >= 15 is 0 Å². The Morgan fingerprint density at radius 2 is 1.33 bits per heavy atom. The first-order valence-corrected chi connectivity index (χ1v) is 12.1. The smallest absolute Gasteiger partial charge is 0.0386 e. The van der Waals surface area contributed by atoms with Gasteiger partial charge < -0.3 is 0 Å². The van der Waals surface area contributed by atoms with Crippen LogP contribution in [0.2, 0.25) is 0 Å². The summed E-state index contributed by atoms with van der Waals surface area (Å²) in [5.74, 6) is 4.03.